The Hall–Kier alpha value is -3.34. The number of ether oxygens (including phenoxy) is 2. The molecule has 190 valence electrons. The van der Waals surface area contributed by atoms with E-state index in [1.807, 2.05) is 24.3 Å². The molecule has 0 fully saturated rings. The predicted molar refractivity (Wildman–Crippen MR) is 137 cm³/mol. The summed E-state index contributed by atoms with van der Waals surface area (Å²) in [4.78, 5) is 27.6. The van der Waals surface area contributed by atoms with Crippen LogP contribution in [0.2, 0.25) is 0 Å². The van der Waals surface area contributed by atoms with Crippen molar-refractivity contribution in [1.82, 2.24) is 0 Å². The Balaban J connectivity index is 2.21. The van der Waals surface area contributed by atoms with Crippen LogP contribution in [-0.4, -0.2) is 39.1 Å². The van der Waals surface area contributed by atoms with Crippen molar-refractivity contribution in [3.05, 3.63) is 83.7 Å². The smallest absolute Gasteiger partial charge is 0.355 e. The standard InChI is InChI=1S/C26H27NO7S2/c1-26(2,3)17-9-11-18(12-10-17)35-22-16-19(36(30,31)32)13-14-21(22)27-15-7-6-8-20(24(28)33-4)23(27)25(29)34-5/h6-16H,1-5H3,(H,30,31,32). The Morgan fingerprint density at radius 3 is 2.14 bits per heavy atom. The molecular formula is C26H27NO7S2. The van der Waals surface area contributed by atoms with Crippen molar-refractivity contribution < 1.29 is 32.0 Å². The van der Waals surface area contributed by atoms with E-state index in [-0.39, 0.29) is 21.6 Å². The number of benzene rings is 2. The van der Waals surface area contributed by atoms with E-state index >= 15 is 0 Å². The topological polar surface area (TPSA) is 110 Å². The van der Waals surface area contributed by atoms with Crippen LogP contribution in [0.1, 0.15) is 26.3 Å². The normalized spacial score (nSPS) is 14.0. The zero-order valence-electron chi connectivity index (χ0n) is 20.5. The molecule has 0 amide bonds. The van der Waals surface area contributed by atoms with Crippen LogP contribution in [0, 0.1) is 0 Å². The van der Waals surface area contributed by atoms with Gasteiger partial charge in [-0.15, -0.1) is 0 Å². The fraction of sp³-hybridized carbons (Fsp3) is 0.231. The number of rotatable bonds is 6. The predicted octanol–water partition coefficient (Wildman–Crippen LogP) is 4.87. The lowest BCUT2D eigenvalue weighted by atomic mass is 9.87. The van der Waals surface area contributed by atoms with E-state index in [2.05, 4.69) is 20.8 Å². The summed E-state index contributed by atoms with van der Waals surface area (Å²) in [5.74, 6) is -1.54. The van der Waals surface area contributed by atoms with E-state index < -0.39 is 22.1 Å². The quantitative estimate of drug-likeness (QED) is 0.414. The second kappa shape index (κ2) is 10.7. The summed E-state index contributed by atoms with van der Waals surface area (Å²) in [6.07, 6.45) is 6.16. The highest BCUT2D eigenvalue weighted by molar-refractivity contribution is 7.99. The fourth-order valence-electron chi connectivity index (χ4n) is 3.44. The van der Waals surface area contributed by atoms with Crippen LogP contribution in [0.15, 0.2) is 92.8 Å². The molecule has 2 aromatic carbocycles. The van der Waals surface area contributed by atoms with Crippen LogP contribution in [0.3, 0.4) is 0 Å². The molecule has 0 bridgehead atoms. The number of carbonyl (C=O) groups excluding carboxylic acids is 2. The van der Waals surface area contributed by atoms with Crippen molar-refractivity contribution in [2.75, 3.05) is 19.1 Å². The lowest BCUT2D eigenvalue weighted by Gasteiger charge is -2.25. The maximum absolute atomic E-state index is 12.8. The number of nitrogens with zero attached hydrogens (tertiary/aromatic N) is 1. The number of carbonyl (C=O) groups is 2. The van der Waals surface area contributed by atoms with Crippen LogP contribution >= 0.6 is 11.8 Å². The van der Waals surface area contributed by atoms with Crippen molar-refractivity contribution in [3.8, 4) is 0 Å². The van der Waals surface area contributed by atoms with Gasteiger partial charge in [-0.1, -0.05) is 50.7 Å². The highest BCUT2D eigenvalue weighted by Crippen LogP contribution is 2.40. The van der Waals surface area contributed by atoms with Crippen LogP contribution in [-0.2, 0) is 34.6 Å². The first-order valence-electron chi connectivity index (χ1n) is 10.8. The summed E-state index contributed by atoms with van der Waals surface area (Å²) < 4.78 is 43.3. The lowest BCUT2D eigenvalue weighted by molar-refractivity contribution is -0.139. The Morgan fingerprint density at radius 2 is 1.58 bits per heavy atom. The van der Waals surface area contributed by atoms with Gasteiger partial charge in [0.05, 0.1) is 30.4 Å². The maximum Gasteiger partial charge on any atom is 0.355 e. The second-order valence-electron chi connectivity index (χ2n) is 8.80. The summed E-state index contributed by atoms with van der Waals surface area (Å²) in [6.45, 7) is 6.30. The Labute approximate surface area is 215 Å². The minimum absolute atomic E-state index is 0.0429. The summed E-state index contributed by atoms with van der Waals surface area (Å²) in [6, 6.07) is 11.8. The minimum atomic E-state index is -4.50. The van der Waals surface area contributed by atoms with Gasteiger partial charge in [-0.3, -0.25) is 4.55 Å². The van der Waals surface area contributed by atoms with Crippen LogP contribution in [0.4, 0.5) is 5.69 Å². The molecule has 0 unspecified atom stereocenters. The van der Waals surface area contributed by atoms with E-state index in [4.69, 9.17) is 9.47 Å². The number of hydrogen-bond donors (Lipinski definition) is 1. The first-order chi connectivity index (χ1) is 16.9. The summed E-state index contributed by atoms with van der Waals surface area (Å²) in [5, 5.41) is 0. The van der Waals surface area contributed by atoms with Crippen LogP contribution < -0.4 is 4.90 Å². The van der Waals surface area contributed by atoms with E-state index in [1.165, 1.54) is 55.2 Å². The van der Waals surface area contributed by atoms with E-state index in [0.29, 0.717) is 10.6 Å². The van der Waals surface area contributed by atoms with E-state index in [1.54, 1.807) is 18.4 Å². The number of esters is 2. The van der Waals surface area contributed by atoms with Crippen molar-refractivity contribution in [1.29, 1.82) is 0 Å². The molecule has 0 saturated heterocycles. The van der Waals surface area contributed by atoms with E-state index in [0.717, 1.165) is 10.5 Å². The second-order valence-corrected chi connectivity index (χ2v) is 11.3. The SMILES string of the molecule is COC(=O)C1=C(C(=O)OC)N(c2ccc(S(=O)(=O)O)cc2Sc2ccc(C(C)(C)C)cc2)C=CC=C1. The number of hydrogen-bond acceptors (Lipinski definition) is 8. The number of anilines is 1. The molecule has 0 radical (unpaired) electrons. The zero-order chi connectivity index (χ0) is 26.7. The Morgan fingerprint density at radius 1 is 0.944 bits per heavy atom. The average Bonchev–Trinajstić information content (AvgIpc) is 3.05. The molecule has 0 atom stereocenters. The molecule has 1 heterocycles. The number of allylic oxidation sites excluding steroid dienone is 2. The fourth-order valence-corrected chi connectivity index (χ4v) is 5.00. The van der Waals surface area contributed by atoms with Gasteiger partial charge in [-0.05, 0) is 53.5 Å². The van der Waals surface area contributed by atoms with Crippen molar-refractivity contribution in [3.63, 3.8) is 0 Å². The van der Waals surface area contributed by atoms with Crippen LogP contribution in [0.5, 0.6) is 0 Å². The molecule has 0 aromatic heterocycles. The van der Waals surface area contributed by atoms with Crippen molar-refractivity contribution >= 4 is 39.5 Å². The Bertz CT molecular complexity index is 1370. The molecule has 1 N–H and O–H groups in total. The molecule has 1 aliphatic heterocycles. The molecule has 8 nitrogen and oxygen atoms in total. The molecule has 1 aliphatic rings. The molecule has 2 aromatic rings. The van der Waals surface area contributed by atoms with Crippen LogP contribution in [0.25, 0.3) is 0 Å². The molecule has 3 rings (SSSR count). The zero-order valence-corrected chi connectivity index (χ0v) is 22.1. The molecule has 0 saturated carbocycles. The molecule has 0 aliphatic carbocycles. The van der Waals surface area contributed by atoms with Crippen molar-refractivity contribution in [2.45, 2.75) is 40.9 Å². The number of methoxy groups -OCH3 is 2. The molecule has 0 spiro atoms. The summed E-state index contributed by atoms with van der Waals surface area (Å²) >= 11 is 1.24. The first kappa shape index (κ1) is 27.3. The van der Waals surface area contributed by atoms with Gasteiger partial charge in [-0.25, -0.2) is 9.59 Å². The van der Waals surface area contributed by atoms with Gasteiger partial charge in [0.15, 0.2) is 0 Å². The van der Waals surface area contributed by atoms with Gasteiger partial charge in [0.1, 0.15) is 5.70 Å². The van der Waals surface area contributed by atoms with Gasteiger partial charge >= 0.3 is 11.9 Å². The van der Waals surface area contributed by atoms with E-state index in [9.17, 15) is 22.6 Å². The highest BCUT2D eigenvalue weighted by Gasteiger charge is 2.29. The summed E-state index contributed by atoms with van der Waals surface area (Å²) in [5.41, 5.74) is 1.30. The minimum Gasteiger partial charge on any atom is -0.465 e. The lowest BCUT2D eigenvalue weighted by Crippen LogP contribution is -2.27. The maximum atomic E-state index is 12.8. The summed E-state index contributed by atoms with van der Waals surface area (Å²) in [7, 11) is -2.11. The third-order valence-corrected chi connectivity index (χ3v) is 7.23. The van der Waals surface area contributed by atoms with Gasteiger partial charge in [0.2, 0.25) is 0 Å². The molecule has 10 heteroatoms. The van der Waals surface area contributed by atoms with Gasteiger partial charge in [-0.2, -0.15) is 8.42 Å². The Kier molecular flexibility index (Phi) is 8.12. The average molecular weight is 530 g/mol. The monoisotopic (exact) mass is 529 g/mol. The molecule has 36 heavy (non-hydrogen) atoms. The van der Waals surface area contributed by atoms with Crippen molar-refractivity contribution in [2.24, 2.45) is 0 Å². The van der Waals surface area contributed by atoms with Gasteiger partial charge in [0, 0.05) is 16.0 Å². The third-order valence-electron chi connectivity index (χ3n) is 5.33. The largest absolute Gasteiger partial charge is 0.465 e. The molecular weight excluding hydrogens is 502 g/mol. The van der Waals surface area contributed by atoms with Gasteiger partial charge < -0.3 is 14.4 Å². The first-order valence-corrected chi connectivity index (χ1v) is 13.1. The van der Waals surface area contributed by atoms with Gasteiger partial charge in [0.25, 0.3) is 10.1 Å². The third kappa shape index (κ3) is 6.07. The highest BCUT2D eigenvalue weighted by atomic mass is 32.2.